The van der Waals surface area contributed by atoms with Crippen LogP contribution in [0.4, 0.5) is 10.6 Å². The fraction of sp³-hybridized carbons (Fsp3) is 0.231. The van der Waals surface area contributed by atoms with Gasteiger partial charge in [-0.2, -0.15) is 5.10 Å². The number of nitrogens with one attached hydrogen (secondary N) is 1. The van der Waals surface area contributed by atoms with Crippen LogP contribution in [0.25, 0.3) is 10.9 Å². The zero-order valence-electron chi connectivity index (χ0n) is 10.8. The van der Waals surface area contributed by atoms with Crippen LogP contribution in [0.15, 0.2) is 18.2 Å². The van der Waals surface area contributed by atoms with E-state index in [1.807, 2.05) is 0 Å². The molecule has 7 heteroatoms. The Kier molecular flexibility index (Phi) is 2.74. The third-order valence-electron chi connectivity index (χ3n) is 3.31. The average molecular weight is 272 g/mol. The number of hydrogen-bond acceptors (Lipinski definition) is 4. The fourth-order valence-corrected chi connectivity index (χ4v) is 2.41. The number of fused-ring (bicyclic) bond motifs is 1. The Balaban J connectivity index is 2.15. The Morgan fingerprint density at radius 2 is 2.15 bits per heavy atom. The number of amides is 3. The van der Waals surface area contributed by atoms with Gasteiger partial charge in [-0.05, 0) is 12.1 Å². The predicted octanol–water partition coefficient (Wildman–Crippen LogP) is 0.832. The molecule has 7 nitrogen and oxygen atoms in total. The lowest BCUT2D eigenvalue weighted by Gasteiger charge is -2.24. The van der Waals surface area contributed by atoms with Crippen LogP contribution < -0.4 is 10.2 Å². The number of aldehydes is 1. The number of imide groups is 1. The molecule has 1 aromatic carbocycles. The van der Waals surface area contributed by atoms with Gasteiger partial charge in [0.25, 0.3) is 0 Å². The van der Waals surface area contributed by atoms with Crippen LogP contribution in [0.5, 0.6) is 0 Å². The number of para-hydroxylation sites is 1. The van der Waals surface area contributed by atoms with E-state index in [-0.39, 0.29) is 18.9 Å². The number of carbonyl (C=O) groups is 3. The lowest BCUT2D eigenvalue weighted by Crippen LogP contribution is -2.49. The maximum Gasteiger partial charge on any atom is 0.329 e. The fourth-order valence-electron chi connectivity index (χ4n) is 2.41. The first kappa shape index (κ1) is 12.3. The molecule has 102 valence electrons. The molecule has 1 aliphatic heterocycles. The van der Waals surface area contributed by atoms with Gasteiger partial charge >= 0.3 is 6.03 Å². The highest BCUT2D eigenvalue weighted by Crippen LogP contribution is 2.28. The summed E-state index contributed by atoms with van der Waals surface area (Å²) >= 11 is 0. The Labute approximate surface area is 114 Å². The summed E-state index contributed by atoms with van der Waals surface area (Å²) in [6, 6.07) is 4.75. The zero-order valence-corrected chi connectivity index (χ0v) is 10.8. The van der Waals surface area contributed by atoms with E-state index in [1.54, 1.807) is 29.9 Å². The first-order valence-corrected chi connectivity index (χ1v) is 6.14. The van der Waals surface area contributed by atoms with E-state index in [9.17, 15) is 14.4 Å². The standard InChI is InChI=1S/C13H12N4O3/c1-16-11-8(7-18)3-2-4-9(11)12(15-16)17-6-5-10(19)14-13(17)20/h2-4,7H,5-6H2,1H3,(H,14,19,20). The number of carbonyl (C=O) groups excluding carboxylic acids is 3. The maximum atomic E-state index is 11.9. The molecule has 1 aromatic heterocycles. The summed E-state index contributed by atoms with van der Waals surface area (Å²) < 4.78 is 1.57. The predicted molar refractivity (Wildman–Crippen MR) is 71.6 cm³/mol. The molecule has 3 amide bonds. The van der Waals surface area contributed by atoms with E-state index in [4.69, 9.17) is 0 Å². The molecule has 0 atom stereocenters. The molecule has 0 radical (unpaired) electrons. The first-order valence-electron chi connectivity index (χ1n) is 6.14. The Morgan fingerprint density at radius 1 is 1.35 bits per heavy atom. The minimum atomic E-state index is -0.488. The minimum absolute atomic E-state index is 0.233. The molecule has 1 aliphatic rings. The molecule has 0 spiro atoms. The average Bonchev–Trinajstić information content (AvgIpc) is 2.76. The van der Waals surface area contributed by atoms with Crippen LogP contribution in [-0.4, -0.2) is 34.5 Å². The summed E-state index contributed by atoms with van der Waals surface area (Å²) in [6.07, 6.45) is 0.991. The van der Waals surface area contributed by atoms with E-state index < -0.39 is 6.03 Å². The van der Waals surface area contributed by atoms with Crippen molar-refractivity contribution >= 4 is 34.9 Å². The third-order valence-corrected chi connectivity index (χ3v) is 3.31. The molecular weight excluding hydrogens is 260 g/mol. The number of benzene rings is 1. The van der Waals surface area contributed by atoms with Gasteiger partial charge in [0.05, 0.1) is 5.52 Å². The highest BCUT2D eigenvalue weighted by molar-refractivity contribution is 6.10. The van der Waals surface area contributed by atoms with Gasteiger partial charge in [-0.1, -0.05) is 6.07 Å². The zero-order chi connectivity index (χ0) is 14.3. The van der Waals surface area contributed by atoms with E-state index in [2.05, 4.69) is 10.4 Å². The summed E-state index contributed by atoms with van der Waals surface area (Å²) in [5.74, 6) is 0.163. The van der Waals surface area contributed by atoms with E-state index in [0.29, 0.717) is 22.3 Å². The maximum absolute atomic E-state index is 11.9. The largest absolute Gasteiger partial charge is 0.329 e. The molecule has 2 aromatic rings. The van der Waals surface area contributed by atoms with E-state index in [1.165, 1.54) is 4.90 Å². The summed E-state index contributed by atoms with van der Waals surface area (Å²) in [6.45, 7) is 0.280. The van der Waals surface area contributed by atoms with Crippen molar-refractivity contribution in [3.63, 3.8) is 0 Å². The summed E-state index contributed by atoms with van der Waals surface area (Å²) in [5.41, 5.74) is 1.18. The Morgan fingerprint density at radius 3 is 2.85 bits per heavy atom. The molecule has 1 N–H and O–H groups in total. The minimum Gasteiger partial charge on any atom is -0.298 e. The van der Waals surface area contributed by atoms with Crippen molar-refractivity contribution in [1.29, 1.82) is 0 Å². The second-order valence-electron chi connectivity index (χ2n) is 4.56. The van der Waals surface area contributed by atoms with Gasteiger partial charge in [0, 0.05) is 31.0 Å². The third kappa shape index (κ3) is 1.75. The normalized spacial score (nSPS) is 15.6. The number of nitrogens with zero attached hydrogens (tertiary/aromatic N) is 3. The number of anilines is 1. The van der Waals surface area contributed by atoms with Crippen LogP contribution in [0.1, 0.15) is 16.8 Å². The van der Waals surface area contributed by atoms with Crippen molar-refractivity contribution in [3.05, 3.63) is 23.8 Å². The van der Waals surface area contributed by atoms with Crippen molar-refractivity contribution < 1.29 is 14.4 Å². The number of hydrogen-bond donors (Lipinski definition) is 1. The first-order chi connectivity index (χ1) is 9.61. The highest BCUT2D eigenvalue weighted by Gasteiger charge is 2.28. The van der Waals surface area contributed by atoms with E-state index >= 15 is 0 Å². The molecule has 20 heavy (non-hydrogen) atoms. The van der Waals surface area contributed by atoms with Gasteiger partial charge in [-0.25, -0.2) is 4.79 Å². The quantitative estimate of drug-likeness (QED) is 0.821. The van der Waals surface area contributed by atoms with Gasteiger partial charge in [0.1, 0.15) is 0 Å². The summed E-state index contributed by atoms with van der Waals surface area (Å²) in [5, 5.41) is 7.28. The number of rotatable bonds is 2. The van der Waals surface area contributed by atoms with Crippen molar-refractivity contribution in [2.75, 3.05) is 11.4 Å². The molecule has 0 unspecified atom stereocenters. The van der Waals surface area contributed by atoms with Gasteiger partial charge in [-0.15, -0.1) is 0 Å². The van der Waals surface area contributed by atoms with Gasteiger partial charge in [0.2, 0.25) is 5.91 Å². The van der Waals surface area contributed by atoms with Crippen molar-refractivity contribution in [1.82, 2.24) is 15.1 Å². The number of urea groups is 1. The van der Waals surface area contributed by atoms with Crippen molar-refractivity contribution in [2.45, 2.75) is 6.42 Å². The van der Waals surface area contributed by atoms with Crippen molar-refractivity contribution in [2.24, 2.45) is 7.05 Å². The van der Waals surface area contributed by atoms with Crippen LogP contribution in [0.3, 0.4) is 0 Å². The second-order valence-corrected chi connectivity index (χ2v) is 4.56. The van der Waals surface area contributed by atoms with Crippen LogP contribution in [-0.2, 0) is 11.8 Å². The molecule has 0 saturated carbocycles. The SMILES string of the molecule is Cn1nc(N2CCC(=O)NC2=O)c2cccc(C=O)c21. The topological polar surface area (TPSA) is 84.3 Å². The highest BCUT2D eigenvalue weighted by atomic mass is 16.2. The van der Waals surface area contributed by atoms with Gasteiger partial charge < -0.3 is 0 Å². The van der Waals surface area contributed by atoms with Crippen LogP contribution in [0.2, 0.25) is 0 Å². The summed E-state index contributed by atoms with van der Waals surface area (Å²) in [4.78, 5) is 35.6. The Hall–Kier alpha value is -2.70. The van der Waals surface area contributed by atoms with Crippen LogP contribution in [0, 0.1) is 0 Å². The lowest BCUT2D eigenvalue weighted by atomic mass is 10.1. The smallest absolute Gasteiger partial charge is 0.298 e. The molecule has 0 aliphatic carbocycles. The van der Waals surface area contributed by atoms with Gasteiger partial charge in [0.15, 0.2) is 12.1 Å². The molecule has 0 bridgehead atoms. The molecule has 3 rings (SSSR count). The molecule has 2 heterocycles. The number of aryl methyl sites for hydroxylation is 1. The molecule has 1 fully saturated rings. The lowest BCUT2D eigenvalue weighted by molar-refractivity contribution is -0.120. The monoisotopic (exact) mass is 272 g/mol. The van der Waals surface area contributed by atoms with Crippen molar-refractivity contribution in [3.8, 4) is 0 Å². The Bertz CT molecular complexity index is 735. The molecule has 1 saturated heterocycles. The van der Waals surface area contributed by atoms with Crippen LogP contribution >= 0.6 is 0 Å². The summed E-state index contributed by atoms with van der Waals surface area (Å²) in [7, 11) is 1.71. The number of aromatic nitrogens is 2. The molecular formula is C13H12N4O3. The van der Waals surface area contributed by atoms with Gasteiger partial charge in [-0.3, -0.25) is 24.5 Å². The van der Waals surface area contributed by atoms with E-state index in [0.717, 1.165) is 6.29 Å². The second kappa shape index (κ2) is 4.44.